The lowest BCUT2D eigenvalue weighted by atomic mass is 10.4. The third kappa shape index (κ3) is 1.76. The molecular weight excluding hydrogens is 232 g/mol. The van der Waals surface area contributed by atoms with E-state index in [-0.39, 0.29) is 0 Å². The van der Waals surface area contributed by atoms with Gasteiger partial charge in [0, 0.05) is 0 Å². The van der Waals surface area contributed by atoms with E-state index in [1.807, 2.05) is 6.07 Å². The first kappa shape index (κ1) is 10.3. The van der Waals surface area contributed by atoms with Crippen LogP contribution < -0.4 is 5.32 Å². The molecule has 0 saturated heterocycles. The standard InChI is InChI=1S/C11H8N6O/c12-3-7-1-2-8(18-7)4-13-10-9-11(15-5-14-9)17-6-16-10/h1-2,5-6H,4H2,(H2,13,14,15,16,17). The third-order valence-electron chi connectivity index (χ3n) is 2.42. The Hall–Kier alpha value is -2.88. The molecule has 0 atom stereocenters. The zero-order valence-electron chi connectivity index (χ0n) is 9.21. The van der Waals surface area contributed by atoms with E-state index in [0.717, 1.165) is 0 Å². The molecule has 0 radical (unpaired) electrons. The fraction of sp³-hybridized carbons (Fsp3) is 0.0909. The molecule has 7 heteroatoms. The van der Waals surface area contributed by atoms with Gasteiger partial charge in [0.25, 0.3) is 0 Å². The number of imidazole rings is 1. The van der Waals surface area contributed by atoms with Gasteiger partial charge in [0.2, 0.25) is 5.76 Å². The number of hydrogen-bond donors (Lipinski definition) is 2. The number of nitriles is 1. The van der Waals surface area contributed by atoms with Gasteiger partial charge in [-0.05, 0) is 12.1 Å². The summed E-state index contributed by atoms with van der Waals surface area (Å²) in [7, 11) is 0. The molecule has 7 nitrogen and oxygen atoms in total. The first-order chi connectivity index (χ1) is 8.86. The summed E-state index contributed by atoms with van der Waals surface area (Å²) < 4.78 is 5.25. The average Bonchev–Trinajstić information content (AvgIpc) is 3.05. The minimum atomic E-state index is 0.291. The Morgan fingerprint density at radius 2 is 2.28 bits per heavy atom. The van der Waals surface area contributed by atoms with E-state index in [9.17, 15) is 0 Å². The van der Waals surface area contributed by atoms with Crippen molar-refractivity contribution in [3.63, 3.8) is 0 Å². The van der Waals surface area contributed by atoms with Gasteiger partial charge in [-0.1, -0.05) is 0 Å². The number of aromatic amines is 1. The molecule has 0 bridgehead atoms. The Labute approximate surface area is 102 Å². The summed E-state index contributed by atoms with van der Waals surface area (Å²) in [5.41, 5.74) is 1.34. The zero-order chi connectivity index (χ0) is 12.4. The number of nitrogens with one attached hydrogen (secondary N) is 2. The summed E-state index contributed by atoms with van der Waals surface area (Å²) in [6, 6.07) is 5.30. The van der Waals surface area contributed by atoms with Gasteiger partial charge < -0.3 is 14.7 Å². The molecule has 0 amide bonds. The summed E-state index contributed by atoms with van der Waals surface area (Å²) in [5, 5.41) is 11.7. The maximum Gasteiger partial charge on any atom is 0.203 e. The van der Waals surface area contributed by atoms with Crippen LogP contribution in [0.3, 0.4) is 0 Å². The van der Waals surface area contributed by atoms with Crippen molar-refractivity contribution < 1.29 is 4.42 Å². The van der Waals surface area contributed by atoms with Crippen LogP contribution in [0.5, 0.6) is 0 Å². The van der Waals surface area contributed by atoms with Gasteiger partial charge in [0.15, 0.2) is 11.5 Å². The van der Waals surface area contributed by atoms with Gasteiger partial charge in [-0.15, -0.1) is 0 Å². The minimum Gasteiger partial charge on any atom is -0.449 e. The van der Waals surface area contributed by atoms with Crippen LogP contribution in [-0.2, 0) is 6.54 Å². The number of aromatic nitrogens is 4. The third-order valence-corrected chi connectivity index (χ3v) is 2.42. The van der Waals surface area contributed by atoms with Crippen molar-refractivity contribution in [1.29, 1.82) is 5.26 Å². The van der Waals surface area contributed by atoms with Crippen molar-refractivity contribution in [2.75, 3.05) is 5.32 Å². The van der Waals surface area contributed by atoms with Crippen LogP contribution in [0, 0.1) is 11.3 Å². The molecule has 2 N–H and O–H groups in total. The first-order valence-electron chi connectivity index (χ1n) is 5.23. The average molecular weight is 240 g/mol. The highest BCUT2D eigenvalue weighted by Crippen LogP contribution is 2.16. The molecule has 0 aliphatic rings. The van der Waals surface area contributed by atoms with Gasteiger partial charge in [-0.25, -0.2) is 15.0 Å². The fourth-order valence-corrected chi connectivity index (χ4v) is 1.60. The number of furan rings is 1. The fourth-order valence-electron chi connectivity index (χ4n) is 1.60. The number of H-pyrrole nitrogens is 1. The van der Waals surface area contributed by atoms with Crippen LogP contribution in [0.25, 0.3) is 11.2 Å². The van der Waals surface area contributed by atoms with Crippen molar-refractivity contribution in [3.05, 3.63) is 36.3 Å². The molecular formula is C11H8N6O. The van der Waals surface area contributed by atoms with E-state index >= 15 is 0 Å². The monoisotopic (exact) mass is 240 g/mol. The predicted octanol–water partition coefficient (Wildman–Crippen LogP) is 1.43. The predicted molar refractivity (Wildman–Crippen MR) is 62.4 cm³/mol. The van der Waals surface area contributed by atoms with E-state index in [0.29, 0.717) is 35.0 Å². The molecule has 0 unspecified atom stereocenters. The Kier molecular flexibility index (Phi) is 2.39. The Morgan fingerprint density at radius 1 is 1.33 bits per heavy atom. The molecule has 0 aliphatic heterocycles. The summed E-state index contributed by atoms with van der Waals surface area (Å²) in [4.78, 5) is 15.2. The topological polar surface area (TPSA) is 103 Å². The van der Waals surface area contributed by atoms with E-state index < -0.39 is 0 Å². The van der Waals surface area contributed by atoms with E-state index in [1.165, 1.54) is 6.33 Å². The highest BCUT2D eigenvalue weighted by Gasteiger charge is 2.06. The molecule has 3 rings (SSSR count). The molecule has 0 spiro atoms. The SMILES string of the molecule is N#Cc1ccc(CNc2ncnc3[nH]cnc23)o1. The minimum absolute atomic E-state index is 0.291. The second-order valence-electron chi connectivity index (χ2n) is 3.55. The first-order valence-corrected chi connectivity index (χ1v) is 5.23. The van der Waals surface area contributed by atoms with E-state index in [1.54, 1.807) is 18.5 Å². The molecule has 3 aromatic rings. The lowest BCUT2D eigenvalue weighted by Crippen LogP contribution is -2.01. The van der Waals surface area contributed by atoms with Crippen molar-refractivity contribution in [2.24, 2.45) is 0 Å². The van der Waals surface area contributed by atoms with Gasteiger partial charge in [0.05, 0.1) is 12.9 Å². The number of rotatable bonds is 3. The smallest absolute Gasteiger partial charge is 0.203 e. The van der Waals surface area contributed by atoms with Crippen molar-refractivity contribution in [3.8, 4) is 6.07 Å². The van der Waals surface area contributed by atoms with Crippen molar-refractivity contribution in [2.45, 2.75) is 6.54 Å². The van der Waals surface area contributed by atoms with Crippen molar-refractivity contribution in [1.82, 2.24) is 19.9 Å². The van der Waals surface area contributed by atoms with Gasteiger partial charge in [0.1, 0.15) is 23.7 Å². The van der Waals surface area contributed by atoms with Crippen molar-refractivity contribution >= 4 is 17.0 Å². The molecule has 3 aromatic heterocycles. The maximum atomic E-state index is 8.65. The maximum absolute atomic E-state index is 8.65. The largest absolute Gasteiger partial charge is 0.449 e. The normalized spacial score (nSPS) is 10.4. The van der Waals surface area contributed by atoms with Crippen LogP contribution in [0.4, 0.5) is 5.82 Å². The van der Waals surface area contributed by atoms with Crippen LogP contribution in [0.1, 0.15) is 11.5 Å². The van der Waals surface area contributed by atoms with E-state index in [2.05, 4.69) is 25.3 Å². The van der Waals surface area contributed by atoms with E-state index in [4.69, 9.17) is 9.68 Å². The Bertz CT molecular complexity index is 722. The Morgan fingerprint density at radius 3 is 3.11 bits per heavy atom. The highest BCUT2D eigenvalue weighted by atomic mass is 16.3. The van der Waals surface area contributed by atoms with Gasteiger partial charge in [-0.3, -0.25) is 0 Å². The lowest BCUT2D eigenvalue weighted by Gasteiger charge is -2.02. The summed E-state index contributed by atoms with van der Waals surface area (Å²) in [5.74, 6) is 1.57. The molecule has 18 heavy (non-hydrogen) atoms. The molecule has 0 aliphatic carbocycles. The molecule has 88 valence electrons. The summed E-state index contributed by atoms with van der Waals surface area (Å²) in [6.45, 7) is 0.431. The molecule has 0 saturated carbocycles. The van der Waals surface area contributed by atoms with Crippen LogP contribution in [0.2, 0.25) is 0 Å². The molecule has 0 aromatic carbocycles. The van der Waals surface area contributed by atoms with Crippen LogP contribution >= 0.6 is 0 Å². The number of nitrogens with zero attached hydrogens (tertiary/aromatic N) is 4. The number of anilines is 1. The Balaban J connectivity index is 1.81. The van der Waals surface area contributed by atoms with Crippen LogP contribution in [-0.4, -0.2) is 19.9 Å². The highest BCUT2D eigenvalue weighted by molar-refractivity contribution is 5.81. The second kappa shape index (κ2) is 4.18. The number of hydrogen-bond acceptors (Lipinski definition) is 6. The quantitative estimate of drug-likeness (QED) is 0.717. The summed E-state index contributed by atoms with van der Waals surface area (Å²) in [6.07, 6.45) is 3.01. The molecule has 0 fully saturated rings. The van der Waals surface area contributed by atoms with Crippen LogP contribution in [0.15, 0.2) is 29.2 Å². The van der Waals surface area contributed by atoms with Gasteiger partial charge in [-0.2, -0.15) is 5.26 Å². The zero-order valence-corrected chi connectivity index (χ0v) is 9.21. The second-order valence-corrected chi connectivity index (χ2v) is 3.55. The van der Waals surface area contributed by atoms with Gasteiger partial charge >= 0.3 is 0 Å². The summed E-state index contributed by atoms with van der Waals surface area (Å²) >= 11 is 0. The number of fused-ring (bicyclic) bond motifs is 1. The molecule has 3 heterocycles. The lowest BCUT2D eigenvalue weighted by molar-refractivity contribution is 0.506.